The van der Waals surface area contributed by atoms with Crippen molar-refractivity contribution in [1.29, 1.82) is 0 Å². The van der Waals surface area contributed by atoms with Gasteiger partial charge in [-0.05, 0) is 13.8 Å². The maximum absolute atomic E-state index is 12.5. The maximum atomic E-state index is 12.5. The Labute approximate surface area is 159 Å². The lowest BCUT2D eigenvalue weighted by atomic mass is 9.88. The number of carbonyl (C=O) groups excluding carboxylic acids is 3. The van der Waals surface area contributed by atoms with Crippen LogP contribution >= 0.6 is 0 Å². The minimum atomic E-state index is -0.378. The Hall–Kier alpha value is -2.58. The molecule has 1 N–H and O–H groups in total. The molecule has 1 fully saturated rings. The number of piperazine rings is 1. The van der Waals surface area contributed by atoms with Gasteiger partial charge in [0.25, 0.3) is 5.91 Å². The quantitative estimate of drug-likeness (QED) is 0.844. The molecular formula is C18H28N4O5. The first-order chi connectivity index (χ1) is 12.6. The van der Waals surface area contributed by atoms with Crippen LogP contribution in [0.5, 0.6) is 0 Å². The topological polar surface area (TPSA) is 105 Å². The fourth-order valence-electron chi connectivity index (χ4n) is 2.86. The Kier molecular flexibility index (Phi) is 6.45. The number of amides is 3. The van der Waals surface area contributed by atoms with Gasteiger partial charge >= 0.3 is 6.09 Å². The van der Waals surface area contributed by atoms with Crippen molar-refractivity contribution in [2.75, 3.05) is 39.3 Å². The summed E-state index contributed by atoms with van der Waals surface area (Å²) in [4.78, 5) is 39.8. The van der Waals surface area contributed by atoms with Crippen LogP contribution in [-0.2, 0) is 14.9 Å². The molecular weight excluding hydrogens is 352 g/mol. The fraction of sp³-hybridized carbons (Fsp3) is 0.667. The number of carbonyl (C=O) groups is 3. The van der Waals surface area contributed by atoms with Crippen molar-refractivity contribution in [1.82, 2.24) is 20.3 Å². The standard InChI is InChI=1S/C18H28N4O5/c1-6-26-17(25)22-9-7-21(8-10-22)13(23)11-19-16(24)14-12(2)27-20-15(14)18(3,4)5/h6-11H2,1-5H3,(H,19,24). The van der Waals surface area contributed by atoms with E-state index < -0.39 is 0 Å². The molecule has 0 aromatic carbocycles. The lowest BCUT2D eigenvalue weighted by molar-refractivity contribution is -0.131. The highest BCUT2D eigenvalue weighted by molar-refractivity contribution is 5.98. The maximum Gasteiger partial charge on any atom is 0.409 e. The van der Waals surface area contributed by atoms with Crippen LogP contribution in [0.25, 0.3) is 0 Å². The minimum absolute atomic E-state index is 0.119. The van der Waals surface area contributed by atoms with E-state index >= 15 is 0 Å². The number of aromatic nitrogens is 1. The minimum Gasteiger partial charge on any atom is -0.450 e. The van der Waals surface area contributed by atoms with Crippen LogP contribution in [0.3, 0.4) is 0 Å². The summed E-state index contributed by atoms with van der Waals surface area (Å²) in [5.74, 6) is -0.150. The number of nitrogens with one attached hydrogen (secondary N) is 1. The van der Waals surface area contributed by atoms with Gasteiger partial charge in [0.1, 0.15) is 17.0 Å². The molecule has 1 saturated heterocycles. The molecule has 1 aliphatic rings. The molecule has 0 saturated carbocycles. The summed E-state index contributed by atoms with van der Waals surface area (Å²) < 4.78 is 10.1. The highest BCUT2D eigenvalue weighted by atomic mass is 16.6. The molecule has 2 rings (SSSR count). The van der Waals surface area contributed by atoms with Crippen molar-refractivity contribution < 1.29 is 23.6 Å². The van der Waals surface area contributed by atoms with Crippen LogP contribution in [0.1, 0.15) is 49.5 Å². The van der Waals surface area contributed by atoms with E-state index in [0.717, 1.165) is 0 Å². The van der Waals surface area contributed by atoms with Gasteiger partial charge in [0.2, 0.25) is 5.91 Å². The zero-order valence-corrected chi connectivity index (χ0v) is 16.6. The van der Waals surface area contributed by atoms with Gasteiger partial charge in [-0.3, -0.25) is 9.59 Å². The first-order valence-corrected chi connectivity index (χ1v) is 9.09. The van der Waals surface area contributed by atoms with Gasteiger partial charge in [0.15, 0.2) is 0 Å². The molecule has 0 radical (unpaired) electrons. The number of aryl methyl sites for hydroxylation is 1. The smallest absolute Gasteiger partial charge is 0.409 e. The van der Waals surface area contributed by atoms with E-state index in [1.54, 1.807) is 23.6 Å². The van der Waals surface area contributed by atoms with Crippen LogP contribution in [0, 0.1) is 6.92 Å². The SMILES string of the molecule is CCOC(=O)N1CCN(C(=O)CNC(=O)c2c(C(C)(C)C)noc2C)CC1. The zero-order chi connectivity index (χ0) is 20.2. The number of hydrogen-bond donors (Lipinski definition) is 1. The van der Waals surface area contributed by atoms with Crippen molar-refractivity contribution in [2.24, 2.45) is 0 Å². The van der Waals surface area contributed by atoms with E-state index in [0.29, 0.717) is 49.8 Å². The molecule has 1 aliphatic heterocycles. The molecule has 0 unspecified atom stereocenters. The zero-order valence-electron chi connectivity index (χ0n) is 16.6. The summed E-state index contributed by atoms with van der Waals surface area (Å²) in [7, 11) is 0. The second-order valence-corrected chi connectivity index (χ2v) is 7.46. The Bertz CT molecular complexity index is 699. The van der Waals surface area contributed by atoms with E-state index in [2.05, 4.69) is 10.5 Å². The molecule has 2 heterocycles. The van der Waals surface area contributed by atoms with E-state index in [4.69, 9.17) is 9.26 Å². The molecule has 0 bridgehead atoms. The van der Waals surface area contributed by atoms with E-state index in [9.17, 15) is 14.4 Å². The van der Waals surface area contributed by atoms with Gasteiger partial charge in [-0.25, -0.2) is 4.79 Å². The van der Waals surface area contributed by atoms with Gasteiger partial charge in [-0.15, -0.1) is 0 Å². The molecule has 1 aromatic rings. The van der Waals surface area contributed by atoms with Gasteiger partial charge in [0.05, 0.1) is 13.2 Å². The predicted octanol–water partition coefficient (Wildman–Crippen LogP) is 1.31. The van der Waals surface area contributed by atoms with Gasteiger partial charge in [-0.1, -0.05) is 25.9 Å². The van der Waals surface area contributed by atoms with Crippen molar-refractivity contribution in [3.8, 4) is 0 Å². The van der Waals surface area contributed by atoms with Gasteiger partial charge < -0.3 is 24.4 Å². The van der Waals surface area contributed by atoms with Crippen molar-refractivity contribution in [3.05, 3.63) is 17.0 Å². The summed E-state index contributed by atoms with van der Waals surface area (Å²) in [6.07, 6.45) is -0.365. The fourth-order valence-corrected chi connectivity index (χ4v) is 2.86. The highest BCUT2D eigenvalue weighted by Gasteiger charge is 2.30. The normalized spacial score (nSPS) is 14.9. The second kappa shape index (κ2) is 8.41. The Morgan fingerprint density at radius 3 is 2.30 bits per heavy atom. The summed E-state index contributed by atoms with van der Waals surface area (Å²) in [5, 5.41) is 6.64. The molecule has 1 aromatic heterocycles. The van der Waals surface area contributed by atoms with Crippen molar-refractivity contribution in [2.45, 2.75) is 40.0 Å². The number of rotatable bonds is 4. The molecule has 0 atom stereocenters. The number of ether oxygens (including phenoxy) is 1. The molecule has 0 aliphatic carbocycles. The third-order valence-electron chi connectivity index (χ3n) is 4.36. The third-order valence-corrected chi connectivity index (χ3v) is 4.36. The number of nitrogens with zero attached hydrogens (tertiary/aromatic N) is 3. The molecule has 3 amide bonds. The lowest BCUT2D eigenvalue weighted by Crippen LogP contribution is -2.52. The van der Waals surface area contributed by atoms with Gasteiger partial charge in [-0.2, -0.15) is 0 Å². The number of hydrogen-bond acceptors (Lipinski definition) is 6. The summed E-state index contributed by atoms with van der Waals surface area (Å²) in [6, 6.07) is 0. The predicted molar refractivity (Wildman–Crippen MR) is 97.4 cm³/mol. The third kappa shape index (κ3) is 4.99. The van der Waals surface area contributed by atoms with Crippen LogP contribution < -0.4 is 5.32 Å². The summed E-state index contributed by atoms with van der Waals surface area (Å²) >= 11 is 0. The van der Waals surface area contributed by atoms with E-state index in [1.165, 1.54) is 0 Å². The van der Waals surface area contributed by atoms with E-state index in [-0.39, 0.29) is 29.9 Å². The first-order valence-electron chi connectivity index (χ1n) is 9.09. The lowest BCUT2D eigenvalue weighted by Gasteiger charge is -2.34. The molecule has 0 spiro atoms. The highest BCUT2D eigenvalue weighted by Crippen LogP contribution is 2.26. The Morgan fingerprint density at radius 2 is 1.74 bits per heavy atom. The summed E-state index contributed by atoms with van der Waals surface area (Å²) in [5.41, 5.74) is 0.591. The average Bonchev–Trinajstić information content (AvgIpc) is 3.01. The molecule has 150 valence electrons. The largest absolute Gasteiger partial charge is 0.450 e. The molecule has 9 nitrogen and oxygen atoms in total. The van der Waals surface area contributed by atoms with Crippen LogP contribution in [0.4, 0.5) is 4.79 Å². The van der Waals surface area contributed by atoms with Crippen LogP contribution in [0.2, 0.25) is 0 Å². The van der Waals surface area contributed by atoms with Crippen molar-refractivity contribution in [3.63, 3.8) is 0 Å². The van der Waals surface area contributed by atoms with Crippen LogP contribution in [0.15, 0.2) is 4.52 Å². The van der Waals surface area contributed by atoms with Crippen LogP contribution in [-0.4, -0.2) is 72.2 Å². The average molecular weight is 380 g/mol. The first kappa shape index (κ1) is 20.7. The van der Waals surface area contributed by atoms with Crippen molar-refractivity contribution >= 4 is 17.9 Å². The van der Waals surface area contributed by atoms with Gasteiger partial charge in [0, 0.05) is 31.6 Å². The molecule has 9 heteroatoms. The monoisotopic (exact) mass is 380 g/mol. The molecule has 27 heavy (non-hydrogen) atoms. The Balaban J connectivity index is 1.89. The summed E-state index contributed by atoms with van der Waals surface area (Å²) in [6.45, 7) is 11.1. The second-order valence-electron chi connectivity index (χ2n) is 7.46. The van der Waals surface area contributed by atoms with E-state index in [1.807, 2.05) is 20.8 Å². The Morgan fingerprint density at radius 1 is 1.15 bits per heavy atom.